The van der Waals surface area contributed by atoms with Crippen LogP contribution in [0.3, 0.4) is 0 Å². The third-order valence-corrected chi connectivity index (χ3v) is 4.13. The van der Waals surface area contributed by atoms with Crippen LogP contribution in [0.4, 0.5) is 8.78 Å². The number of nitrogens with zero attached hydrogens (tertiary/aromatic N) is 2. The molecule has 0 aliphatic carbocycles. The van der Waals surface area contributed by atoms with E-state index in [1.54, 1.807) is 35.6 Å². The van der Waals surface area contributed by atoms with E-state index < -0.39 is 6.61 Å². The number of morpholine rings is 1. The summed E-state index contributed by atoms with van der Waals surface area (Å²) in [5.41, 5.74) is 3.85. The van der Waals surface area contributed by atoms with E-state index >= 15 is 0 Å². The number of hydrogen-bond acceptors (Lipinski definition) is 5. The summed E-state index contributed by atoms with van der Waals surface area (Å²) in [5.74, 6) is 0.161. The summed E-state index contributed by atoms with van der Waals surface area (Å²) in [6, 6.07) is 6.64. The lowest BCUT2D eigenvalue weighted by Gasteiger charge is -2.32. The van der Waals surface area contributed by atoms with E-state index in [2.05, 4.69) is 14.6 Å². The van der Waals surface area contributed by atoms with Crippen molar-refractivity contribution in [2.75, 3.05) is 19.7 Å². The summed E-state index contributed by atoms with van der Waals surface area (Å²) >= 11 is 1.59. The summed E-state index contributed by atoms with van der Waals surface area (Å²) < 4.78 is 34.4. The molecule has 1 aromatic heterocycles. The largest absolute Gasteiger partial charge is 0.435 e. The minimum atomic E-state index is -2.80. The zero-order valence-electron chi connectivity index (χ0n) is 11.8. The van der Waals surface area contributed by atoms with E-state index in [0.717, 1.165) is 30.9 Å². The monoisotopic (exact) mass is 326 g/mol. The highest BCUT2D eigenvalue weighted by molar-refractivity contribution is 7.07. The Kier molecular flexibility index (Phi) is 4.97. The fourth-order valence-electron chi connectivity index (χ4n) is 2.46. The van der Waals surface area contributed by atoms with Gasteiger partial charge in [-0.2, -0.15) is 8.78 Å². The molecule has 0 spiro atoms. The van der Waals surface area contributed by atoms with Crippen molar-refractivity contribution in [3.05, 3.63) is 46.4 Å². The second kappa shape index (κ2) is 7.13. The van der Waals surface area contributed by atoms with Crippen molar-refractivity contribution in [3.8, 4) is 5.75 Å². The molecule has 1 saturated heterocycles. The Hall–Kier alpha value is -1.57. The van der Waals surface area contributed by atoms with E-state index in [1.165, 1.54) is 0 Å². The Labute approximate surface area is 131 Å². The van der Waals surface area contributed by atoms with Gasteiger partial charge in [0.2, 0.25) is 0 Å². The lowest BCUT2D eigenvalue weighted by atomic mass is 10.1. The lowest BCUT2D eigenvalue weighted by molar-refractivity contribution is -0.0500. The highest BCUT2D eigenvalue weighted by Gasteiger charge is 2.22. The Morgan fingerprint density at radius 3 is 2.86 bits per heavy atom. The summed E-state index contributed by atoms with van der Waals surface area (Å²) in [4.78, 5) is 6.58. The van der Waals surface area contributed by atoms with Gasteiger partial charge in [0.05, 0.1) is 23.9 Å². The van der Waals surface area contributed by atoms with E-state index in [0.29, 0.717) is 6.61 Å². The quantitative estimate of drug-likeness (QED) is 0.844. The Bertz CT molecular complexity index is 578. The third kappa shape index (κ3) is 4.00. The van der Waals surface area contributed by atoms with Gasteiger partial charge in [-0.25, -0.2) is 4.98 Å². The Morgan fingerprint density at radius 2 is 2.18 bits per heavy atom. The lowest BCUT2D eigenvalue weighted by Crippen LogP contribution is -2.37. The molecule has 2 aromatic rings. The highest BCUT2D eigenvalue weighted by Crippen LogP contribution is 2.25. The van der Waals surface area contributed by atoms with Gasteiger partial charge in [-0.3, -0.25) is 4.90 Å². The summed E-state index contributed by atoms with van der Waals surface area (Å²) in [6.45, 7) is 0.262. The van der Waals surface area contributed by atoms with Crippen molar-refractivity contribution in [2.24, 2.45) is 0 Å². The van der Waals surface area contributed by atoms with Crippen LogP contribution in [0.25, 0.3) is 0 Å². The van der Waals surface area contributed by atoms with E-state index in [4.69, 9.17) is 4.74 Å². The van der Waals surface area contributed by atoms with Crippen molar-refractivity contribution in [1.82, 2.24) is 9.88 Å². The molecule has 7 heteroatoms. The Morgan fingerprint density at radius 1 is 1.36 bits per heavy atom. The minimum absolute atomic E-state index is 0.0621. The predicted molar refractivity (Wildman–Crippen MR) is 79.2 cm³/mol. The van der Waals surface area contributed by atoms with Crippen molar-refractivity contribution in [2.45, 2.75) is 19.3 Å². The molecular weight excluding hydrogens is 310 g/mol. The fourth-order valence-corrected chi connectivity index (χ4v) is 3.01. The topological polar surface area (TPSA) is 34.6 Å². The van der Waals surface area contributed by atoms with Crippen molar-refractivity contribution >= 4 is 11.3 Å². The third-order valence-electron chi connectivity index (χ3n) is 3.50. The number of thiazole rings is 1. The summed E-state index contributed by atoms with van der Waals surface area (Å²) in [5, 5.41) is 2.04. The first-order chi connectivity index (χ1) is 10.7. The van der Waals surface area contributed by atoms with Crippen LogP contribution in [-0.2, 0) is 11.3 Å². The molecule has 1 fully saturated rings. The van der Waals surface area contributed by atoms with Gasteiger partial charge in [0, 0.05) is 25.0 Å². The second-order valence-corrected chi connectivity index (χ2v) is 5.74. The van der Waals surface area contributed by atoms with Gasteiger partial charge in [-0.15, -0.1) is 11.3 Å². The molecule has 2 heterocycles. The first-order valence-corrected chi connectivity index (χ1v) is 7.91. The van der Waals surface area contributed by atoms with Gasteiger partial charge >= 0.3 is 6.61 Å². The molecule has 0 unspecified atom stereocenters. The summed E-state index contributed by atoms with van der Waals surface area (Å²) in [6.07, 6.45) is -0.0621. The van der Waals surface area contributed by atoms with Gasteiger partial charge in [0.25, 0.3) is 0 Å². The van der Waals surface area contributed by atoms with Crippen LogP contribution >= 0.6 is 11.3 Å². The molecule has 0 bridgehead atoms. The van der Waals surface area contributed by atoms with Crippen LogP contribution < -0.4 is 4.74 Å². The highest BCUT2D eigenvalue weighted by atomic mass is 32.1. The number of ether oxygens (including phenoxy) is 2. The van der Waals surface area contributed by atoms with Gasteiger partial charge < -0.3 is 9.47 Å². The van der Waals surface area contributed by atoms with Crippen molar-refractivity contribution < 1.29 is 18.3 Å². The maximum atomic E-state index is 12.1. The van der Waals surface area contributed by atoms with Crippen LogP contribution in [0, 0.1) is 0 Å². The van der Waals surface area contributed by atoms with Gasteiger partial charge in [-0.05, 0) is 17.7 Å². The van der Waals surface area contributed by atoms with E-state index in [1.807, 2.05) is 10.9 Å². The molecule has 1 aliphatic heterocycles. The number of aromatic nitrogens is 1. The first kappa shape index (κ1) is 15.3. The molecule has 1 atom stereocenters. The maximum absolute atomic E-state index is 12.1. The number of benzene rings is 1. The molecule has 0 radical (unpaired) electrons. The minimum Gasteiger partial charge on any atom is -0.435 e. The first-order valence-electron chi connectivity index (χ1n) is 6.96. The molecule has 4 nitrogen and oxygen atoms in total. The number of rotatable bonds is 5. The average molecular weight is 326 g/mol. The molecular formula is C15H16F2N2O2S. The predicted octanol–water partition coefficient (Wildman–Crippen LogP) is 3.32. The normalized spacial score (nSPS) is 19.5. The molecule has 0 N–H and O–H groups in total. The molecule has 1 aliphatic rings. The molecule has 3 rings (SSSR count). The van der Waals surface area contributed by atoms with Crippen LogP contribution in [0.5, 0.6) is 5.75 Å². The van der Waals surface area contributed by atoms with Crippen LogP contribution in [0.1, 0.15) is 17.4 Å². The standard InChI is InChI=1S/C15H16F2N2O2S/c16-15(17)21-13-3-1-11(2-4-13)14-8-19(5-6-20-14)7-12-9-22-10-18-12/h1-4,9-10,14-15H,5-8H2/t14-/m1/s1. The molecule has 1 aromatic carbocycles. The van der Waals surface area contributed by atoms with Crippen LogP contribution in [0.2, 0.25) is 0 Å². The Balaban J connectivity index is 1.61. The van der Waals surface area contributed by atoms with Gasteiger partial charge in [0.15, 0.2) is 0 Å². The molecule has 0 amide bonds. The zero-order chi connectivity index (χ0) is 15.4. The SMILES string of the molecule is FC(F)Oc1ccc([C@H]2CN(Cc3cscn3)CCO2)cc1. The fraction of sp³-hybridized carbons (Fsp3) is 0.400. The summed E-state index contributed by atoms with van der Waals surface area (Å²) in [7, 11) is 0. The van der Waals surface area contributed by atoms with Crippen molar-refractivity contribution in [3.63, 3.8) is 0 Å². The number of alkyl halides is 2. The molecule has 118 valence electrons. The average Bonchev–Trinajstić information content (AvgIpc) is 3.01. The zero-order valence-corrected chi connectivity index (χ0v) is 12.6. The second-order valence-electron chi connectivity index (χ2n) is 5.02. The van der Waals surface area contributed by atoms with Crippen LogP contribution in [0.15, 0.2) is 35.2 Å². The smallest absolute Gasteiger partial charge is 0.387 e. The molecule has 0 saturated carbocycles. The van der Waals surface area contributed by atoms with Gasteiger partial charge in [-0.1, -0.05) is 12.1 Å². The molecule has 22 heavy (non-hydrogen) atoms. The van der Waals surface area contributed by atoms with Gasteiger partial charge in [0.1, 0.15) is 5.75 Å². The number of halogens is 2. The van der Waals surface area contributed by atoms with Crippen LogP contribution in [-0.4, -0.2) is 36.2 Å². The number of hydrogen-bond donors (Lipinski definition) is 0. The van der Waals surface area contributed by atoms with E-state index in [9.17, 15) is 8.78 Å². The maximum Gasteiger partial charge on any atom is 0.387 e. The van der Waals surface area contributed by atoms with E-state index in [-0.39, 0.29) is 11.9 Å². The van der Waals surface area contributed by atoms with Crippen molar-refractivity contribution in [1.29, 1.82) is 0 Å².